The number of benzene rings is 7. The number of rotatable bonds is 2. The van der Waals surface area contributed by atoms with Crippen LogP contribution >= 0.6 is 0 Å². The van der Waals surface area contributed by atoms with Gasteiger partial charge in [0.15, 0.2) is 0 Å². The van der Waals surface area contributed by atoms with Crippen LogP contribution in [-0.4, -0.2) is 16.3 Å². The first kappa shape index (κ1) is 25.0. The molecule has 0 unspecified atom stereocenters. The number of hydrogen-bond acceptors (Lipinski definition) is 2. The number of fused-ring (bicyclic) bond motifs is 11. The average Bonchev–Trinajstić information content (AvgIpc) is 3.65. The molecule has 218 valence electrons. The van der Waals surface area contributed by atoms with Crippen LogP contribution in [0.5, 0.6) is 11.5 Å². The molecule has 2 aliphatic heterocycles. The lowest BCUT2D eigenvalue weighted by atomic mass is 9.66. The minimum atomic E-state index is -0.499. The fourth-order valence-corrected chi connectivity index (χ4v) is 8.07. The second-order valence-corrected chi connectivity index (χ2v) is 12.4. The molecule has 0 spiro atoms. The van der Waals surface area contributed by atoms with Gasteiger partial charge in [0, 0.05) is 49.5 Å². The van der Waals surface area contributed by atoms with Gasteiger partial charge in [0.25, 0.3) is 0 Å². The summed E-state index contributed by atoms with van der Waals surface area (Å²) in [7, 11) is -0.499. The van der Waals surface area contributed by atoms with E-state index >= 15 is 0 Å². The number of hydrogen-bond donors (Lipinski definition) is 0. The maximum atomic E-state index is 6.46. The van der Waals surface area contributed by atoms with E-state index in [1.165, 1.54) is 43.6 Å². The molecule has 0 saturated carbocycles. The summed E-state index contributed by atoms with van der Waals surface area (Å²) in [6.45, 7) is 0. The van der Waals surface area contributed by atoms with Crippen LogP contribution in [0.4, 0.5) is 0 Å². The Hall–Kier alpha value is -6.20. The Morgan fingerprint density at radius 2 is 0.851 bits per heavy atom. The van der Waals surface area contributed by atoms with Gasteiger partial charge in [0.2, 0.25) is 0 Å². The van der Waals surface area contributed by atoms with Crippen LogP contribution in [0.2, 0.25) is 0 Å². The maximum absolute atomic E-state index is 6.46. The highest BCUT2D eigenvalue weighted by Crippen LogP contribution is 2.46. The Bertz CT molecular complexity index is 2690. The molecule has 0 atom stereocenters. The highest BCUT2D eigenvalue weighted by Gasteiger charge is 2.42. The van der Waals surface area contributed by atoms with Gasteiger partial charge in [-0.05, 0) is 71.8 Å². The highest BCUT2D eigenvalue weighted by atomic mass is 16.6. The lowest BCUT2D eigenvalue weighted by molar-refractivity contribution is 0.436. The summed E-state index contributed by atoms with van der Waals surface area (Å²) in [6.07, 6.45) is 0. The summed E-state index contributed by atoms with van der Waals surface area (Å²) >= 11 is 0. The molecule has 0 amide bonds. The van der Waals surface area contributed by atoms with Crippen LogP contribution in [0.1, 0.15) is 0 Å². The Labute approximate surface area is 270 Å². The molecule has 5 heteroatoms. The van der Waals surface area contributed by atoms with Gasteiger partial charge in [0.1, 0.15) is 11.5 Å². The zero-order valence-corrected chi connectivity index (χ0v) is 25.2. The minimum Gasteiger partial charge on any atom is -0.521 e. The summed E-state index contributed by atoms with van der Waals surface area (Å²) in [5.74, 6) is 1.68. The van der Waals surface area contributed by atoms with Crippen LogP contribution in [0.3, 0.4) is 0 Å². The van der Waals surface area contributed by atoms with E-state index in [4.69, 9.17) is 9.31 Å². The molecule has 4 nitrogen and oxygen atoms in total. The standard InChI is InChI=1S/C42H25BN2O2/c1-2-12-26(13-3-1)44-34-18-8-4-16-30(34)40-36(44)22-23-37-41(40)31-17-5-9-19-35(31)45(37)27-24-32-28-14-6-10-20-38(28)46-43-42(32)33(25-27)29-15-7-11-21-39(29)47-43/h1-25H. The first-order chi connectivity index (χ1) is 23.3. The molecule has 11 rings (SSSR count). The molecule has 47 heavy (non-hydrogen) atoms. The molecule has 9 aromatic rings. The summed E-state index contributed by atoms with van der Waals surface area (Å²) in [5.41, 5.74) is 12.6. The molecular formula is C42H25BN2O2. The maximum Gasteiger partial charge on any atom is 0.633 e. The van der Waals surface area contributed by atoms with E-state index in [1.54, 1.807) is 0 Å². The Morgan fingerprint density at radius 1 is 0.383 bits per heavy atom. The van der Waals surface area contributed by atoms with E-state index in [0.29, 0.717) is 0 Å². The summed E-state index contributed by atoms with van der Waals surface area (Å²) in [4.78, 5) is 0. The molecule has 0 aliphatic carbocycles. The van der Waals surface area contributed by atoms with Crippen molar-refractivity contribution >= 4 is 56.2 Å². The van der Waals surface area contributed by atoms with Crippen molar-refractivity contribution in [1.29, 1.82) is 0 Å². The van der Waals surface area contributed by atoms with Crippen molar-refractivity contribution < 1.29 is 9.31 Å². The Balaban J connectivity index is 1.28. The minimum absolute atomic E-state index is 0.499. The normalized spacial score (nSPS) is 13.0. The SMILES string of the molecule is c1ccc(-n2c3ccccc3c3c4c5ccccc5n(-c5cc6c7c(c5)-c5ccccc5OB7Oc5ccccc5-6)c4ccc32)cc1. The van der Waals surface area contributed by atoms with Gasteiger partial charge in [-0.1, -0.05) is 91.0 Å². The summed E-state index contributed by atoms with van der Waals surface area (Å²) < 4.78 is 17.8. The molecule has 4 heterocycles. The van der Waals surface area contributed by atoms with Crippen LogP contribution in [0.25, 0.3) is 77.2 Å². The van der Waals surface area contributed by atoms with Crippen molar-refractivity contribution in [3.05, 3.63) is 152 Å². The number of nitrogens with zero attached hydrogens (tertiary/aromatic N) is 2. The van der Waals surface area contributed by atoms with Crippen LogP contribution in [0.15, 0.2) is 152 Å². The molecular weight excluding hydrogens is 575 g/mol. The van der Waals surface area contributed by atoms with Crippen LogP contribution < -0.4 is 14.8 Å². The van der Waals surface area contributed by atoms with Crippen molar-refractivity contribution in [3.63, 3.8) is 0 Å². The molecule has 2 aliphatic rings. The van der Waals surface area contributed by atoms with Crippen molar-refractivity contribution in [2.75, 3.05) is 0 Å². The van der Waals surface area contributed by atoms with E-state index < -0.39 is 7.12 Å². The lowest BCUT2D eigenvalue weighted by Crippen LogP contribution is -2.49. The fourth-order valence-electron chi connectivity index (χ4n) is 8.07. The first-order valence-electron chi connectivity index (χ1n) is 16.0. The van der Waals surface area contributed by atoms with Gasteiger partial charge in [-0.3, -0.25) is 0 Å². The van der Waals surface area contributed by atoms with E-state index in [0.717, 1.165) is 50.6 Å². The van der Waals surface area contributed by atoms with E-state index in [-0.39, 0.29) is 0 Å². The van der Waals surface area contributed by atoms with Gasteiger partial charge in [-0.15, -0.1) is 0 Å². The van der Waals surface area contributed by atoms with Gasteiger partial charge >= 0.3 is 7.12 Å². The predicted octanol–water partition coefficient (Wildman–Crippen LogP) is 9.69. The first-order valence-corrected chi connectivity index (χ1v) is 16.0. The van der Waals surface area contributed by atoms with Gasteiger partial charge in [-0.2, -0.15) is 0 Å². The van der Waals surface area contributed by atoms with Crippen molar-refractivity contribution in [2.24, 2.45) is 0 Å². The van der Waals surface area contributed by atoms with Gasteiger partial charge in [0.05, 0.1) is 22.1 Å². The largest absolute Gasteiger partial charge is 0.633 e. The van der Waals surface area contributed by atoms with E-state index in [9.17, 15) is 0 Å². The quantitative estimate of drug-likeness (QED) is 0.185. The molecule has 0 saturated heterocycles. The van der Waals surface area contributed by atoms with E-state index in [2.05, 4.69) is 137 Å². The molecule has 0 bridgehead atoms. The van der Waals surface area contributed by atoms with Crippen LogP contribution in [0, 0.1) is 0 Å². The number of para-hydroxylation sites is 5. The molecule has 0 radical (unpaired) electrons. The predicted molar refractivity (Wildman–Crippen MR) is 193 cm³/mol. The third-order valence-electron chi connectivity index (χ3n) is 9.97. The molecule has 2 aromatic heterocycles. The Kier molecular flexibility index (Phi) is 4.89. The van der Waals surface area contributed by atoms with Crippen molar-refractivity contribution in [3.8, 4) is 45.1 Å². The van der Waals surface area contributed by atoms with Gasteiger partial charge in [-0.25, -0.2) is 0 Å². The summed E-state index contributed by atoms with van der Waals surface area (Å²) in [6, 6.07) is 54.1. The van der Waals surface area contributed by atoms with Gasteiger partial charge < -0.3 is 18.4 Å². The monoisotopic (exact) mass is 600 g/mol. The smallest absolute Gasteiger partial charge is 0.521 e. The van der Waals surface area contributed by atoms with Crippen molar-refractivity contribution in [1.82, 2.24) is 9.13 Å². The third kappa shape index (κ3) is 3.32. The topological polar surface area (TPSA) is 28.3 Å². The highest BCUT2D eigenvalue weighted by molar-refractivity contribution is 6.68. The average molecular weight is 600 g/mol. The second kappa shape index (κ2) is 9.18. The third-order valence-corrected chi connectivity index (χ3v) is 9.97. The van der Waals surface area contributed by atoms with Crippen LogP contribution in [-0.2, 0) is 0 Å². The second-order valence-electron chi connectivity index (χ2n) is 12.4. The lowest BCUT2D eigenvalue weighted by Gasteiger charge is -2.32. The zero-order chi connectivity index (χ0) is 30.6. The molecule has 0 N–H and O–H groups in total. The number of aromatic nitrogens is 2. The molecule has 0 fully saturated rings. The summed E-state index contributed by atoms with van der Waals surface area (Å²) in [5, 5.41) is 5.02. The van der Waals surface area contributed by atoms with Crippen molar-refractivity contribution in [2.45, 2.75) is 0 Å². The fraction of sp³-hybridized carbons (Fsp3) is 0. The van der Waals surface area contributed by atoms with E-state index in [1.807, 2.05) is 24.3 Å². The molecule has 7 aromatic carbocycles. The zero-order valence-electron chi connectivity index (χ0n) is 25.2. The Morgan fingerprint density at radius 3 is 1.43 bits per heavy atom.